The van der Waals surface area contributed by atoms with Crippen LogP contribution in [0.25, 0.3) is 0 Å². The molecule has 0 saturated heterocycles. The van der Waals surface area contributed by atoms with Gasteiger partial charge in [-0.25, -0.2) is 0 Å². The van der Waals surface area contributed by atoms with Crippen molar-refractivity contribution in [3.63, 3.8) is 0 Å². The van der Waals surface area contributed by atoms with Gasteiger partial charge in [-0.2, -0.15) is 0 Å². The van der Waals surface area contributed by atoms with E-state index >= 15 is 0 Å². The van der Waals surface area contributed by atoms with Gasteiger partial charge in [0.1, 0.15) is 0 Å². The van der Waals surface area contributed by atoms with Gasteiger partial charge in [-0.15, -0.1) is 0 Å². The fraction of sp³-hybridized carbons (Fsp3) is 1.00. The molecule has 0 aliphatic heterocycles. The van der Waals surface area contributed by atoms with Crippen molar-refractivity contribution in [3.05, 3.63) is 0 Å². The standard InChI is InChI=1S/C15H32N2O/c1-3-6-13-7-8-15(16)14(11-13)12-17(4-2)9-5-10-18/h13-15,18H,3-12,16H2,1-2H3. The normalized spacial score (nSPS) is 28.8. The van der Waals surface area contributed by atoms with Crippen LogP contribution in [0.2, 0.25) is 0 Å². The Kier molecular flexibility index (Phi) is 7.87. The van der Waals surface area contributed by atoms with E-state index in [4.69, 9.17) is 10.8 Å². The number of nitrogens with two attached hydrogens (primary N) is 1. The van der Waals surface area contributed by atoms with E-state index in [0.717, 1.165) is 32.0 Å². The zero-order valence-corrected chi connectivity index (χ0v) is 12.3. The summed E-state index contributed by atoms with van der Waals surface area (Å²) in [5.74, 6) is 1.56. The fourth-order valence-corrected chi connectivity index (χ4v) is 3.27. The summed E-state index contributed by atoms with van der Waals surface area (Å²) in [5.41, 5.74) is 6.29. The van der Waals surface area contributed by atoms with Crippen LogP contribution in [0.3, 0.4) is 0 Å². The van der Waals surface area contributed by atoms with E-state index in [9.17, 15) is 0 Å². The lowest BCUT2D eigenvalue weighted by molar-refractivity contribution is 0.147. The van der Waals surface area contributed by atoms with Gasteiger partial charge in [0.15, 0.2) is 0 Å². The molecule has 1 aliphatic carbocycles. The van der Waals surface area contributed by atoms with E-state index < -0.39 is 0 Å². The molecule has 0 radical (unpaired) electrons. The average Bonchev–Trinajstić information content (AvgIpc) is 2.38. The average molecular weight is 256 g/mol. The fourth-order valence-electron chi connectivity index (χ4n) is 3.27. The van der Waals surface area contributed by atoms with Gasteiger partial charge in [-0.3, -0.25) is 0 Å². The van der Waals surface area contributed by atoms with Gasteiger partial charge in [0, 0.05) is 25.7 Å². The molecule has 0 bridgehead atoms. The smallest absolute Gasteiger partial charge is 0.0443 e. The van der Waals surface area contributed by atoms with E-state index in [1.807, 2.05) is 0 Å². The lowest BCUT2D eigenvalue weighted by atomic mass is 9.76. The molecule has 3 heteroatoms. The van der Waals surface area contributed by atoms with Crippen molar-refractivity contribution in [2.75, 3.05) is 26.2 Å². The highest BCUT2D eigenvalue weighted by molar-refractivity contribution is 4.84. The lowest BCUT2D eigenvalue weighted by Gasteiger charge is -2.37. The molecule has 3 N–H and O–H groups in total. The van der Waals surface area contributed by atoms with Crippen molar-refractivity contribution in [1.29, 1.82) is 0 Å². The summed E-state index contributed by atoms with van der Waals surface area (Å²) in [6, 6.07) is 0.390. The maximum absolute atomic E-state index is 8.93. The maximum Gasteiger partial charge on any atom is 0.0443 e. The second-order valence-electron chi connectivity index (χ2n) is 5.86. The predicted octanol–water partition coefficient (Wildman–Crippen LogP) is 2.23. The van der Waals surface area contributed by atoms with E-state index in [2.05, 4.69) is 18.7 Å². The number of rotatable bonds is 8. The quantitative estimate of drug-likeness (QED) is 0.700. The summed E-state index contributed by atoms with van der Waals surface area (Å²) >= 11 is 0. The monoisotopic (exact) mass is 256 g/mol. The van der Waals surface area contributed by atoms with E-state index in [1.165, 1.54) is 32.1 Å². The number of nitrogens with zero attached hydrogens (tertiary/aromatic N) is 1. The van der Waals surface area contributed by atoms with Gasteiger partial charge in [-0.1, -0.05) is 26.7 Å². The molecule has 3 atom stereocenters. The van der Waals surface area contributed by atoms with Gasteiger partial charge in [-0.05, 0) is 44.1 Å². The molecule has 0 aromatic heterocycles. The zero-order valence-electron chi connectivity index (χ0n) is 12.3. The van der Waals surface area contributed by atoms with Crippen LogP contribution in [-0.2, 0) is 0 Å². The number of aliphatic hydroxyl groups is 1. The Balaban J connectivity index is 2.40. The highest BCUT2D eigenvalue weighted by Crippen LogP contribution is 2.31. The third kappa shape index (κ3) is 5.25. The molecule has 0 aromatic carbocycles. The Morgan fingerprint density at radius 1 is 1.28 bits per heavy atom. The minimum atomic E-state index is 0.297. The largest absolute Gasteiger partial charge is 0.396 e. The van der Waals surface area contributed by atoms with Crippen LogP contribution in [0.5, 0.6) is 0 Å². The molecule has 1 aliphatic rings. The molecule has 0 amide bonds. The van der Waals surface area contributed by atoms with Crippen molar-refractivity contribution in [2.45, 2.75) is 58.4 Å². The van der Waals surface area contributed by atoms with Crippen molar-refractivity contribution in [3.8, 4) is 0 Å². The molecule has 3 unspecified atom stereocenters. The highest BCUT2D eigenvalue weighted by Gasteiger charge is 2.28. The first-order chi connectivity index (χ1) is 8.71. The first kappa shape index (κ1) is 15.9. The van der Waals surface area contributed by atoms with Crippen molar-refractivity contribution < 1.29 is 5.11 Å². The van der Waals surface area contributed by atoms with E-state index in [-0.39, 0.29) is 0 Å². The van der Waals surface area contributed by atoms with Crippen LogP contribution in [0.15, 0.2) is 0 Å². The molecule has 18 heavy (non-hydrogen) atoms. The molecule has 1 fully saturated rings. The minimum Gasteiger partial charge on any atom is -0.396 e. The Labute approximate surface area is 113 Å². The van der Waals surface area contributed by atoms with Gasteiger partial charge >= 0.3 is 0 Å². The van der Waals surface area contributed by atoms with Crippen LogP contribution in [-0.4, -0.2) is 42.3 Å². The van der Waals surface area contributed by atoms with Gasteiger partial charge < -0.3 is 15.7 Å². The third-order valence-electron chi connectivity index (χ3n) is 4.42. The van der Waals surface area contributed by atoms with Crippen LogP contribution in [0, 0.1) is 11.8 Å². The van der Waals surface area contributed by atoms with Gasteiger partial charge in [0.2, 0.25) is 0 Å². The summed E-state index contributed by atoms with van der Waals surface area (Å²) in [4.78, 5) is 2.45. The summed E-state index contributed by atoms with van der Waals surface area (Å²) in [7, 11) is 0. The second kappa shape index (κ2) is 8.89. The second-order valence-corrected chi connectivity index (χ2v) is 5.86. The molecule has 1 rings (SSSR count). The number of hydrogen-bond donors (Lipinski definition) is 2. The predicted molar refractivity (Wildman–Crippen MR) is 77.5 cm³/mol. The molecule has 3 nitrogen and oxygen atoms in total. The summed E-state index contributed by atoms with van der Waals surface area (Å²) in [6.45, 7) is 7.98. The van der Waals surface area contributed by atoms with Crippen LogP contribution >= 0.6 is 0 Å². The Morgan fingerprint density at radius 2 is 2.06 bits per heavy atom. The first-order valence-electron chi connectivity index (χ1n) is 7.80. The van der Waals surface area contributed by atoms with Gasteiger partial charge in [0.25, 0.3) is 0 Å². The highest BCUT2D eigenvalue weighted by atomic mass is 16.3. The Hall–Kier alpha value is -0.120. The number of aliphatic hydroxyl groups excluding tert-OH is 1. The zero-order chi connectivity index (χ0) is 13.4. The topological polar surface area (TPSA) is 49.5 Å². The van der Waals surface area contributed by atoms with E-state index in [0.29, 0.717) is 18.6 Å². The first-order valence-corrected chi connectivity index (χ1v) is 7.80. The molecule has 0 aromatic rings. The van der Waals surface area contributed by atoms with Crippen molar-refractivity contribution in [1.82, 2.24) is 4.90 Å². The van der Waals surface area contributed by atoms with Crippen molar-refractivity contribution in [2.24, 2.45) is 17.6 Å². The Morgan fingerprint density at radius 3 is 2.67 bits per heavy atom. The minimum absolute atomic E-state index is 0.297. The number of hydrogen-bond acceptors (Lipinski definition) is 3. The molecular formula is C15H32N2O. The summed E-state index contributed by atoms with van der Waals surface area (Å²) in [6.07, 6.45) is 7.39. The van der Waals surface area contributed by atoms with E-state index in [1.54, 1.807) is 0 Å². The molecule has 108 valence electrons. The lowest BCUT2D eigenvalue weighted by Crippen LogP contribution is -2.43. The van der Waals surface area contributed by atoms with Gasteiger partial charge in [0.05, 0.1) is 0 Å². The molecular weight excluding hydrogens is 224 g/mol. The SMILES string of the molecule is CCCC1CCC(N)C(CN(CC)CCCO)C1. The summed E-state index contributed by atoms with van der Waals surface area (Å²) < 4.78 is 0. The van der Waals surface area contributed by atoms with Crippen molar-refractivity contribution >= 4 is 0 Å². The molecule has 0 spiro atoms. The van der Waals surface area contributed by atoms with Crippen LogP contribution < -0.4 is 5.73 Å². The van der Waals surface area contributed by atoms with Crippen LogP contribution in [0.1, 0.15) is 52.4 Å². The maximum atomic E-state index is 8.93. The molecule has 1 saturated carbocycles. The summed E-state index contributed by atoms with van der Waals surface area (Å²) in [5, 5.41) is 8.93. The molecule has 0 heterocycles. The van der Waals surface area contributed by atoms with Crippen LogP contribution in [0.4, 0.5) is 0 Å². The third-order valence-corrected chi connectivity index (χ3v) is 4.42. The Bertz CT molecular complexity index is 211.